The molecule has 0 unspecified atom stereocenters. The van der Waals surface area contributed by atoms with Gasteiger partial charge in [0, 0.05) is 12.6 Å². The van der Waals surface area contributed by atoms with Gasteiger partial charge in [0.2, 0.25) is 10.0 Å². The van der Waals surface area contributed by atoms with Crippen LogP contribution in [0.1, 0.15) is 17.7 Å². The minimum Gasteiger partial charge on any atom is -0.489 e. The van der Waals surface area contributed by atoms with E-state index in [0.29, 0.717) is 24.5 Å². The number of benzene rings is 1. The fraction of sp³-hybridized carbons (Fsp3) is 0.353. The Kier molecular flexibility index (Phi) is 4.73. The van der Waals surface area contributed by atoms with Gasteiger partial charge in [-0.1, -0.05) is 30.3 Å². The third kappa shape index (κ3) is 4.04. The van der Waals surface area contributed by atoms with Gasteiger partial charge in [-0.2, -0.15) is 4.31 Å². The molecule has 1 saturated heterocycles. The van der Waals surface area contributed by atoms with E-state index in [1.165, 1.54) is 10.4 Å². The molecule has 2 aromatic rings. The van der Waals surface area contributed by atoms with Gasteiger partial charge in [0.05, 0.1) is 18.4 Å². The zero-order valence-electron chi connectivity index (χ0n) is 13.3. The molecule has 1 aromatic carbocycles. The van der Waals surface area contributed by atoms with E-state index in [9.17, 15) is 13.2 Å². The van der Waals surface area contributed by atoms with Crippen molar-refractivity contribution in [1.82, 2.24) is 4.31 Å². The predicted molar refractivity (Wildman–Crippen MR) is 89.4 cm³/mol. The lowest BCUT2D eigenvalue weighted by Crippen LogP contribution is -2.32. The Bertz CT molecular complexity index is 860. The van der Waals surface area contributed by atoms with Crippen LogP contribution in [-0.4, -0.2) is 31.9 Å². The van der Waals surface area contributed by atoms with Gasteiger partial charge in [0.15, 0.2) is 0 Å². The first-order valence-corrected chi connectivity index (χ1v) is 9.33. The molecule has 1 aliphatic rings. The second-order valence-electron chi connectivity index (χ2n) is 5.85. The van der Waals surface area contributed by atoms with Crippen molar-refractivity contribution >= 4 is 10.0 Å². The fourth-order valence-electron chi connectivity index (χ4n) is 2.76. The lowest BCUT2D eigenvalue weighted by molar-refractivity contribution is 0.213. The number of ether oxygens (including phenoxy) is 1. The highest BCUT2D eigenvalue weighted by Gasteiger charge is 2.32. The third-order valence-corrected chi connectivity index (χ3v) is 5.68. The summed E-state index contributed by atoms with van der Waals surface area (Å²) in [6.07, 6.45) is 0.324. The minimum atomic E-state index is -3.38. The van der Waals surface area contributed by atoms with E-state index in [4.69, 9.17) is 9.15 Å². The zero-order valence-corrected chi connectivity index (χ0v) is 14.2. The van der Waals surface area contributed by atoms with Gasteiger partial charge in [0.1, 0.15) is 17.6 Å². The van der Waals surface area contributed by atoms with E-state index in [2.05, 4.69) is 0 Å². The van der Waals surface area contributed by atoms with Crippen molar-refractivity contribution in [3.8, 4) is 5.75 Å². The quantitative estimate of drug-likeness (QED) is 0.824. The van der Waals surface area contributed by atoms with Crippen molar-refractivity contribution in [2.75, 3.05) is 13.1 Å². The Hall–Kier alpha value is -2.12. The SMILES string of the molecule is Cc1cc(O[C@H]2CCN(S(=O)(=O)Cc3ccccc3)C2)cc(=O)o1. The molecule has 1 atom stereocenters. The van der Waals surface area contributed by atoms with Crippen LogP contribution >= 0.6 is 0 Å². The molecule has 6 nitrogen and oxygen atoms in total. The smallest absolute Gasteiger partial charge is 0.339 e. The van der Waals surface area contributed by atoms with Crippen molar-refractivity contribution in [3.63, 3.8) is 0 Å². The summed E-state index contributed by atoms with van der Waals surface area (Å²) in [6.45, 7) is 2.37. The van der Waals surface area contributed by atoms with Crippen molar-refractivity contribution in [2.45, 2.75) is 25.2 Å². The van der Waals surface area contributed by atoms with Crippen LogP contribution in [0.15, 0.2) is 51.7 Å². The van der Waals surface area contributed by atoms with Crippen LogP contribution in [0.2, 0.25) is 0 Å². The van der Waals surface area contributed by atoms with Crippen LogP contribution in [0, 0.1) is 6.92 Å². The molecule has 1 fully saturated rings. The summed E-state index contributed by atoms with van der Waals surface area (Å²) in [7, 11) is -3.38. The van der Waals surface area contributed by atoms with E-state index in [1.807, 2.05) is 18.2 Å². The molecule has 2 heterocycles. The second-order valence-corrected chi connectivity index (χ2v) is 7.82. The van der Waals surface area contributed by atoms with E-state index in [-0.39, 0.29) is 18.4 Å². The summed E-state index contributed by atoms with van der Waals surface area (Å²) in [5.74, 6) is 0.856. The number of nitrogens with zero attached hydrogens (tertiary/aromatic N) is 1. The topological polar surface area (TPSA) is 76.8 Å². The van der Waals surface area contributed by atoms with Crippen molar-refractivity contribution in [1.29, 1.82) is 0 Å². The summed E-state index contributed by atoms with van der Waals surface area (Å²) in [5.41, 5.74) is 0.287. The Labute approximate surface area is 140 Å². The first-order valence-electron chi connectivity index (χ1n) is 7.72. The highest BCUT2D eigenvalue weighted by Crippen LogP contribution is 2.22. The van der Waals surface area contributed by atoms with Gasteiger partial charge >= 0.3 is 5.63 Å². The molecule has 0 N–H and O–H groups in total. The molecule has 7 heteroatoms. The summed E-state index contributed by atoms with van der Waals surface area (Å²) in [5, 5.41) is 0. The van der Waals surface area contributed by atoms with Gasteiger partial charge in [-0.25, -0.2) is 13.2 Å². The molecule has 0 spiro atoms. The Morgan fingerprint density at radius 1 is 1.25 bits per heavy atom. The number of hydrogen-bond donors (Lipinski definition) is 0. The summed E-state index contributed by atoms with van der Waals surface area (Å²) in [4.78, 5) is 11.4. The van der Waals surface area contributed by atoms with Gasteiger partial charge in [-0.3, -0.25) is 0 Å². The summed E-state index contributed by atoms with van der Waals surface area (Å²) < 4.78 is 37.1. The molecular formula is C17H19NO5S. The Morgan fingerprint density at radius 3 is 2.71 bits per heavy atom. The summed E-state index contributed by atoms with van der Waals surface area (Å²) >= 11 is 0. The van der Waals surface area contributed by atoms with Crippen LogP contribution in [0.5, 0.6) is 5.75 Å². The molecule has 0 saturated carbocycles. The molecule has 0 bridgehead atoms. The van der Waals surface area contributed by atoms with Gasteiger partial charge < -0.3 is 9.15 Å². The molecule has 1 aliphatic heterocycles. The first-order chi connectivity index (χ1) is 11.4. The molecule has 0 radical (unpaired) electrons. The average Bonchev–Trinajstić information content (AvgIpc) is 2.96. The van der Waals surface area contributed by atoms with Crippen molar-refractivity contribution in [2.24, 2.45) is 0 Å². The molecule has 0 amide bonds. The minimum absolute atomic E-state index is 0.0193. The standard InChI is InChI=1S/C17H19NO5S/c1-13-9-16(10-17(19)22-13)23-15-7-8-18(11-15)24(20,21)12-14-5-3-2-4-6-14/h2-6,9-10,15H,7-8,11-12H2,1H3/t15-/m0/s1. The normalized spacial score (nSPS) is 18.6. The maximum absolute atomic E-state index is 12.5. The Morgan fingerprint density at radius 2 is 2.00 bits per heavy atom. The van der Waals surface area contributed by atoms with E-state index >= 15 is 0 Å². The maximum atomic E-state index is 12.5. The van der Waals surface area contributed by atoms with Crippen molar-refractivity contribution in [3.05, 3.63) is 64.2 Å². The highest BCUT2D eigenvalue weighted by atomic mass is 32.2. The van der Waals surface area contributed by atoms with E-state index in [0.717, 1.165) is 5.56 Å². The Balaban J connectivity index is 1.65. The molecular weight excluding hydrogens is 330 g/mol. The van der Waals surface area contributed by atoms with Gasteiger partial charge in [-0.05, 0) is 18.9 Å². The lowest BCUT2D eigenvalue weighted by atomic mass is 10.2. The van der Waals surface area contributed by atoms with Gasteiger partial charge in [0.25, 0.3) is 0 Å². The van der Waals surface area contributed by atoms with Crippen LogP contribution < -0.4 is 10.4 Å². The van der Waals surface area contributed by atoms with E-state index in [1.54, 1.807) is 25.1 Å². The number of sulfonamides is 1. The van der Waals surface area contributed by atoms with Crippen LogP contribution in [0.25, 0.3) is 0 Å². The van der Waals surface area contributed by atoms with Crippen LogP contribution in [0.4, 0.5) is 0 Å². The molecule has 0 aliphatic carbocycles. The van der Waals surface area contributed by atoms with Crippen LogP contribution in [0.3, 0.4) is 0 Å². The van der Waals surface area contributed by atoms with Gasteiger partial charge in [-0.15, -0.1) is 0 Å². The zero-order chi connectivity index (χ0) is 17.2. The van der Waals surface area contributed by atoms with E-state index < -0.39 is 15.6 Å². The number of rotatable bonds is 5. The van der Waals surface area contributed by atoms with Crippen LogP contribution in [-0.2, 0) is 15.8 Å². The van der Waals surface area contributed by atoms with Crippen molar-refractivity contribution < 1.29 is 17.6 Å². The number of aryl methyl sites for hydroxylation is 1. The summed E-state index contributed by atoms with van der Waals surface area (Å²) in [6, 6.07) is 12.0. The maximum Gasteiger partial charge on any atom is 0.339 e. The average molecular weight is 349 g/mol. The molecule has 128 valence electrons. The highest BCUT2D eigenvalue weighted by molar-refractivity contribution is 7.88. The molecule has 3 rings (SSSR count). The molecule has 24 heavy (non-hydrogen) atoms. The first kappa shape index (κ1) is 16.7. The molecule has 1 aromatic heterocycles. The third-order valence-electron chi connectivity index (χ3n) is 3.86. The monoisotopic (exact) mass is 349 g/mol. The number of hydrogen-bond acceptors (Lipinski definition) is 5. The largest absolute Gasteiger partial charge is 0.489 e. The lowest BCUT2D eigenvalue weighted by Gasteiger charge is -2.17. The second kappa shape index (κ2) is 6.78. The fourth-order valence-corrected chi connectivity index (χ4v) is 4.33. The predicted octanol–water partition coefficient (Wildman–Crippen LogP) is 1.93.